The molecule has 2 aromatic rings. The molecule has 1 fully saturated rings. The van der Waals surface area contributed by atoms with Crippen LogP contribution in [0.15, 0.2) is 48.8 Å². The molecular formula is C19H19N3O6. The number of aromatic hydroxyl groups is 1. The van der Waals surface area contributed by atoms with Crippen LogP contribution in [0.4, 0.5) is 4.79 Å². The lowest BCUT2D eigenvalue weighted by Gasteiger charge is -2.32. The maximum atomic E-state index is 12.2. The highest BCUT2D eigenvalue weighted by molar-refractivity contribution is 5.96. The second kappa shape index (κ2) is 8.96. The molecule has 1 aromatic heterocycles. The third kappa shape index (κ3) is 5.04. The van der Waals surface area contributed by atoms with E-state index in [1.165, 1.54) is 53.7 Å². The SMILES string of the molecule is O=C(NCC1CN(C(=O)OC(=O)c2ccncc2)CCO1)c1ccc(O)cc1. The van der Waals surface area contributed by atoms with Gasteiger partial charge in [-0.3, -0.25) is 9.78 Å². The van der Waals surface area contributed by atoms with Crippen LogP contribution >= 0.6 is 0 Å². The number of phenolic OH excluding ortho intramolecular Hbond substituents is 1. The highest BCUT2D eigenvalue weighted by atomic mass is 16.6. The van der Waals surface area contributed by atoms with E-state index in [-0.39, 0.29) is 43.5 Å². The highest BCUT2D eigenvalue weighted by Gasteiger charge is 2.27. The first-order valence-electron chi connectivity index (χ1n) is 8.63. The van der Waals surface area contributed by atoms with Gasteiger partial charge in [-0.1, -0.05) is 0 Å². The number of pyridine rings is 1. The molecule has 1 aromatic carbocycles. The monoisotopic (exact) mass is 385 g/mol. The van der Waals surface area contributed by atoms with Gasteiger partial charge in [0.15, 0.2) is 0 Å². The molecule has 146 valence electrons. The lowest BCUT2D eigenvalue weighted by atomic mass is 10.2. The third-order valence-electron chi connectivity index (χ3n) is 4.11. The van der Waals surface area contributed by atoms with Gasteiger partial charge >= 0.3 is 12.1 Å². The van der Waals surface area contributed by atoms with Crippen molar-refractivity contribution in [3.05, 3.63) is 59.9 Å². The number of carbonyl (C=O) groups is 3. The summed E-state index contributed by atoms with van der Waals surface area (Å²) < 4.78 is 10.4. The summed E-state index contributed by atoms with van der Waals surface area (Å²) in [4.78, 5) is 41.5. The molecule has 2 amide bonds. The van der Waals surface area contributed by atoms with Gasteiger partial charge in [0.05, 0.1) is 24.8 Å². The Bertz CT molecular complexity index is 841. The van der Waals surface area contributed by atoms with Crippen molar-refractivity contribution < 1.29 is 29.0 Å². The van der Waals surface area contributed by atoms with E-state index in [0.29, 0.717) is 5.56 Å². The predicted molar refractivity (Wildman–Crippen MR) is 96.8 cm³/mol. The van der Waals surface area contributed by atoms with Gasteiger partial charge < -0.3 is 24.8 Å². The van der Waals surface area contributed by atoms with Crippen molar-refractivity contribution in [2.24, 2.45) is 0 Å². The van der Waals surface area contributed by atoms with E-state index in [4.69, 9.17) is 9.47 Å². The minimum Gasteiger partial charge on any atom is -0.508 e. The lowest BCUT2D eigenvalue weighted by molar-refractivity contribution is -0.0229. The fourth-order valence-corrected chi connectivity index (χ4v) is 2.62. The molecule has 2 N–H and O–H groups in total. The molecule has 0 bridgehead atoms. The Morgan fingerprint density at radius 2 is 1.86 bits per heavy atom. The Morgan fingerprint density at radius 3 is 2.57 bits per heavy atom. The van der Waals surface area contributed by atoms with Gasteiger partial charge in [-0.05, 0) is 36.4 Å². The highest BCUT2D eigenvalue weighted by Crippen LogP contribution is 2.11. The molecule has 3 rings (SSSR count). The van der Waals surface area contributed by atoms with Crippen LogP contribution in [0, 0.1) is 0 Å². The molecule has 2 heterocycles. The summed E-state index contributed by atoms with van der Waals surface area (Å²) in [5, 5.41) is 12.0. The largest absolute Gasteiger partial charge is 0.508 e. The topological polar surface area (TPSA) is 118 Å². The number of morpholine rings is 1. The molecule has 28 heavy (non-hydrogen) atoms. The van der Waals surface area contributed by atoms with Crippen LogP contribution < -0.4 is 5.32 Å². The Morgan fingerprint density at radius 1 is 1.14 bits per heavy atom. The van der Waals surface area contributed by atoms with Crippen LogP contribution in [0.25, 0.3) is 0 Å². The summed E-state index contributed by atoms with van der Waals surface area (Å²) in [5.74, 6) is -1.00. The maximum Gasteiger partial charge on any atom is 0.417 e. The van der Waals surface area contributed by atoms with Crippen LogP contribution in [-0.4, -0.2) is 65.3 Å². The average molecular weight is 385 g/mol. The van der Waals surface area contributed by atoms with E-state index in [0.717, 1.165) is 0 Å². The number of ether oxygens (including phenoxy) is 2. The van der Waals surface area contributed by atoms with E-state index < -0.39 is 18.2 Å². The van der Waals surface area contributed by atoms with E-state index in [9.17, 15) is 19.5 Å². The zero-order valence-electron chi connectivity index (χ0n) is 14.9. The zero-order chi connectivity index (χ0) is 19.9. The fraction of sp³-hybridized carbons (Fsp3) is 0.263. The van der Waals surface area contributed by atoms with Crippen molar-refractivity contribution in [2.75, 3.05) is 26.2 Å². The summed E-state index contributed by atoms with van der Waals surface area (Å²) in [7, 11) is 0. The van der Waals surface area contributed by atoms with Gasteiger partial charge in [0, 0.05) is 31.0 Å². The summed E-state index contributed by atoms with van der Waals surface area (Å²) in [5.41, 5.74) is 0.627. The van der Waals surface area contributed by atoms with Crippen LogP contribution in [0.2, 0.25) is 0 Å². The van der Waals surface area contributed by atoms with Crippen molar-refractivity contribution in [3.8, 4) is 5.75 Å². The van der Waals surface area contributed by atoms with Crippen LogP contribution in [0.3, 0.4) is 0 Å². The molecular weight excluding hydrogens is 366 g/mol. The smallest absolute Gasteiger partial charge is 0.417 e. The van der Waals surface area contributed by atoms with Gasteiger partial charge in [-0.15, -0.1) is 0 Å². The van der Waals surface area contributed by atoms with Crippen LogP contribution in [0.1, 0.15) is 20.7 Å². The Balaban J connectivity index is 1.49. The van der Waals surface area contributed by atoms with Gasteiger partial charge in [-0.25, -0.2) is 9.59 Å². The van der Waals surface area contributed by atoms with Gasteiger partial charge in [0.2, 0.25) is 0 Å². The number of benzene rings is 1. The summed E-state index contributed by atoms with van der Waals surface area (Å²) >= 11 is 0. The maximum absolute atomic E-state index is 12.2. The number of nitrogens with zero attached hydrogens (tertiary/aromatic N) is 2. The minimum absolute atomic E-state index is 0.0719. The van der Waals surface area contributed by atoms with Crippen LogP contribution in [0.5, 0.6) is 5.75 Å². The zero-order valence-corrected chi connectivity index (χ0v) is 14.9. The van der Waals surface area contributed by atoms with Crippen LogP contribution in [-0.2, 0) is 9.47 Å². The predicted octanol–water partition coefficient (Wildman–Crippen LogP) is 1.19. The first-order valence-corrected chi connectivity index (χ1v) is 8.63. The molecule has 1 saturated heterocycles. The molecule has 1 aliphatic rings. The van der Waals surface area contributed by atoms with Crippen molar-refractivity contribution in [3.63, 3.8) is 0 Å². The Kier molecular flexibility index (Phi) is 6.18. The first kappa shape index (κ1) is 19.3. The summed E-state index contributed by atoms with van der Waals surface area (Å²) in [6.07, 6.45) is 1.67. The van der Waals surface area contributed by atoms with Crippen molar-refractivity contribution in [1.82, 2.24) is 15.2 Å². The molecule has 9 nitrogen and oxygen atoms in total. The standard InChI is InChI=1S/C19H19N3O6/c23-15-3-1-13(2-4-15)17(24)21-11-16-12-22(9-10-27-16)19(26)28-18(25)14-5-7-20-8-6-14/h1-8,16,23H,9-12H2,(H,21,24). The molecule has 0 saturated carbocycles. The molecule has 0 spiro atoms. The average Bonchev–Trinajstić information content (AvgIpc) is 2.73. The number of amides is 2. The van der Waals surface area contributed by atoms with Crippen molar-refractivity contribution in [2.45, 2.75) is 6.10 Å². The van der Waals surface area contributed by atoms with E-state index in [1.807, 2.05) is 0 Å². The van der Waals surface area contributed by atoms with E-state index in [2.05, 4.69) is 10.3 Å². The number of nitrogens with one attached hydrogen (secondary N) is 1. The summed E-state index contributed by atoms with van der Waals surface area (Å²) in [6, 6.07) is 8.75. The quantitative estimate of drug-likeness (QED) is 0.600. The van der Waals surface area contributed by atoms with Gasteiger partial charge in [0.25, 0.3) is 5.91 Å². The number of carbonyl (C=O) groups excluding carboxylic acids is 3. The van der Waals surface area contributed by atoms with Crippen molar-refractivity contribution in [1.29, 1.82) is 0 Å². The molecule has 1 atom stereocenters. The number of phenols is 1. The summed E-state index contributed by atoms with van der Waals surface area (Å²) in [6.45, 7) is 0.906. The Hall–Kier alpha value is -3.46. The van der Waals surface area contributed by atoms with Crippen molar-refractivity contribution >= 4 is 18.0 Å². The van der Waals surface area contributed by atoms with Gasteiger partial charge in [-0.2, -0.15) is 0 Å². The second-order valence-corrected chi connectivity index (χ2v) is 6.09. The van der Waals surface area contributed by atoms with Gasteiger partial charge in [0.1, 0.15) is 5.75 Å². The lowest BCUT2D eigenvalue weighted by Crippen LogP contribution is -2.50. The molecule has 1 aliphatic heterocycles. The molecule has 9 heteroatoms. The normalized spacial score (nSPS) is 16.3. The van der Waals surface area contributed by atoms with E-state index in [1.54, 1.807) is 0 Å². The minimum atomic E-state index is -0.764. The number of hydrogen-bond acceptors (Lipinski definition) is 7. The second-order valence-electron chi connectivity index (χ2n) is 6.09. The third-order valence-corrected chi connectivity index (χ3v) is 4.11. The van der Waals surface area contributed by atoms with E-state index >= 15 is 0 Å². The molecule has 0 aliphatic carbocycles. The molecule has 1 unspecified atom stereocenters. The first-order chi connectivity index (χ1) is 13.5. The number of hydrogen-bond donors (Lipinski definition) is 2. The molecule has 0 radical (unpaired) electrons. The fourth-order valence-electron chi connectivity index (χ4n) is 2.62. The number of rotatable bonds is 4. The number of esters is 1. The number of aromatic nitrogens is 1. The Labute approximate surface area is 160 Å².